The largest absolute Gasteiger partial charge is 0.379 e. The van der Waals surface area contributed by atoms with Crippen LogP contribution in [0.5, 0.6) is 0 Å². The number of hydrogen-bond donors (Lipinski definition) is 2. The first kappa shape index (κ1) is 21.6. The fourth-order valence-corrected chi connectivity index (χ4v) is 6.12. The number of morpholine rings is 1. The molecule has 3 aliphatic heterocycles. The van der Waals surface area contributed by atoms with Crippen molar-refractivity contribution >= 4 is 23.4 Å². The molecule has 0 aliphatic carbocycles. The number of nitrogens with one attached hydrogen (secondary N) is 2. The Labute approximate surface area is 181 Å². The van der Waals surface area contributed by atoms with E-state index in [1.165, 1.54) is 24.0 Å². The zero-order valence-corrected chi connectivity index (χ0v) is 18.3. The third-order valence-corrected chi connectivity index (χ3v) is 7.59. The Hall–Kier alpha value is -1.58. The van der Waals surface area contributed by atoms with E-state index < -0.39 is 11.6 Å². The van der Waals surface area contributed by atoms with Gasteiger partial charge in [-0.25, -0.2) is 8.78 Å². The van der Waals surface area contributed by atoms with E-state index >= 15 is 0 Å². The molecular formula is C21H31F2N5OS. The Balaban J connectivity index is 1.34. The van der Waals surface area contributed by atoms with Crippen LogP contribution in [0.2, 0.25) is 0 Å². The summed E-state index contributed by atoms with van der Waals surface area (Å²) in [4.78, 5) is 8.74. The first-order chi connectivity index (χ1) is 14.6. The molecule has 4 rings (SSSR count). The first-order valence-electron chi connectivity index (χ1n) is 10.7. The number of aliphatic imine (C=N–C) groups is 1. The molecule has 30 heavy (non-hydrogen) atoms. The van der Waals surface area contributed by atoms with E-state index in [1.807, 2.05) is 11.8 Å². The number of rotatable bonds is 5. The third kappa shape index (κ3) is 4.68. The highest BCUT2D eigenvalue weighted by Crippen LogP contribution is 2.33. The molecule has 0 aromatic heterocycles. The van der Waals surface area contributed by atoms with Crippen LogP contribution in [0.4, 0.5) is 14.5 Å². The Morgan fingerprint density at radius 3 is 2.70 bits per heavy atom. The minimum atomic E-state index is -0.510. The molecule has 6 nitrogen and oxygen atoms in total. The quantitative estimate of drug-likeness (QED) is 0.540. The second-order valence-corrected chi connectivity index (χ2v) is 9.30. The van der Waals surface area contributed by atoms with Crippen molar-refractivity contribution in [3.05, 3.63) is 29.8 Å². The van der Waals surface area contributed by atoms with E-state index in [1.54, 1.807) is 11.9 Å². The van der Waals surface area contributed by atoms with Crippen LogP contribution in [0.15, 0.2) is 23.2 Å². The van der Waals surface area contributed by atoms with Crippen molar-refractivity contribution in [3.63, 3.8) is 0 Å². The van der Waals surface area contributed by atoms with Crippen molar-refractivity contribution in [2.45, 2.75) is 24.4 Å². The van der Waals surface area contributed by atoms with Gasteiger partial charge in [-0.3, -0.25) is 9.89 Å². The van der Waals surface area contributed by atoms with Crippen LogP contribution in [0.3, 0.4) is 0 Å². The summed E-state index contributed by atoms with van der Waals surface area (Å²) in [6.45, 7) is 5.52. The lowest BCUT2D eigenvalue weighted by molar-refractivity contribution is -0.0120. The van der Waals surface area contributed by atoms with Gasteiger partial charge in [0, 0.05) is 57.1 Å². The zero-order chi connectivity index (χ0) is 21.0. The zero-order valence-electron chi connectivity index (χ0n) is 17.5. The minimum absolute atomic E-state index is 0.0685. The highest BCUT2D eigenvalue weighted by atomic mass is 32.2. The van der Waals surface area contributed by atoms with Crippen molar-refractivity contribution in [2.24, 2.45) is 4.99 Å². The standard InChI is InChI=1S/C21H31F2N5OS/c1-24-20(25-14-21(6-12-30-15-21)28-8-10-29-11-9-28)26-16-5-7-27(13-16)19-17(22)3-2-4-18(19)23/h2-4,16H,5-15H2,1H3,(H2,24,25,26). The van der Waals surface area contributed by atoms with Crippen molar-refractivity contribution in [1.29, 1.82) is 0 Å². The van der Waals surface area contributed by atoms with Gasteiger partial charge in [-0.1, -0.05) is 6.07 Å². The summed E-state index contributed by atoms with van der Waals surface area (Å²) in [6, 6.07) is 4.11. The summed E-state index contributed by atoms with van der Waals surface area (Å²) >= 11 is 2.01. The Bertz CT molecular complexity index is 733. The summed E-state index contributed by atoms with van der Waals surface area (Å²) in [7, 11) is 1.77. The number of nitrogens with zero attached hydrogens (tertiary/aromatic N) is 3. The summed E-state index contributed by atoms with van der Waals surface area (Å²) in [5, 5.41) is 6.98. The second kappa shape index (κ2) is 9.70. The maximum Gasteiger partial charge on any atom is 0.191 e. The van der Waals surface area contributed by atoms with Gasteiger partial charge in [-0.05, 0) is 30.7 Å². The van der Waals surface area contributed by atoms with Crippen LogP contribution in [0.25, 0.3) is 0 Å². The van der Waals surface area contributed by atoms with Gasteiger partial charge >= 0.3 is 0 Å². The molecule has 2 unspecified atom stereocenters. The molecular weight excluding hydrogens is 408 g/mol. The maximum absolute atomic E-state index is 14.1. The van der Waals surface area contributed by atoms with Crippen LogP contribution in [-0.2, 0) is 4.74 Å². The van der Waals surface area contributed by atoms with Crippen molar-refractivity contribution < 1.29 is 13.5 Å². The molecule has 0 spiro atoms. The van der Waals surface area contributed by atoms with Crippen LogP contribution in [0.1, 0.15) is 12.8 Å². The van der Waals surface area contributed by atoms with Gasteiger partial charge in [0.05, 0.1) is 13.2 Å². The van der Waals surface area contributed by atoms with E-state index in [0.717, 1.165) is 57.4 Å². The molecule has 2 atom stereocenters. The van der Waals surface area contributed by atoms with Gasteiger partial charge < -0.3 is 20.3 Å². The van der Waals surface area contributed by atoms with Crippen LogP contribution in [-0.4, -0.2) is 86.9 Å². The average Bonchev–Trinajstić information content (AvgIpc) is 3.42. The van der Waals surface area contributed by atoms with Gasteiger partial charge in [0.25, 0.3) is 0 Å². The van der Waals surface area contributed by atoms with Gasteiger partial charge in [0.1, 0.15) is 17.3 Å². The molecule has 1 aromatic carbocycles. The SMILES string of the molecule is CN=C(NCC1(N2CCOCC2)CCSC1)NC1CCN(c2c(F)cccc2F)C1. The third-order valence-electron chi connectivity index (χ3n) is 6.36. The summed E-state index contributed by atoms with van der Waals surface area (Å²) in [5.41, 5.74) is 0.198. The molecule has 0 radical (unpaired) electrons. The number of thioether (sulfide) groups is 1. The maximum atomic E-state index is 14.1. The number of halogens is 2. The predicted molar refractivity (Wildman–Crippen MR) is 119 cm³/mol. The molecule has 0 amide bonds. The molecule has 0 saturated carbocycles. The Morgan fingerprint density at radius 1 is 1.27 bits per heavy atom. The summed E-state index contributed by atoms with van der Waals surface area (Å²) in [5.74, 6) is 2.02. The van der Waals surface area contributed by atoms with Gasteiger partial charge in [-0.15, -0.1) is 0 Å². The lowest BCUT2D eigenvalue weighted by atomic mass is 9.95. The first-order valence-corrected chi connectivity index (χ1v) is 11.8. The summed E-state index contributed by atoms with van der Waals surface area (Å²) in [6.07, 6.45) is 1.96. The van der Waals surface area contributed by atoms with Crippen LogP contribution in [0, 0.1) is 11.6 Å². The number of anilines is 1. The smallest absolute Gasteiger partial charge is 0.191 e. The van der Waals surface area contributed by atoms with E-state index in [9.17, 15) is 8.78 Å². The van der Waals surface area contributed by atoms with E-state index in [-0.39, 0.29) is 17.3 Å². The molecule has 166 valence electrons. The van der Waals surface area contributed by atoms with Crippen LogP contribution < -0.4 is 15.5 Å². The molecule has 3 aliphatic rings. The second-order valence-electron chi connectivity index (χ2n) is 8.20. The van der Waals surface area contributed by atoms with Gasteiger partial charge in [0.15, 0.2) is 5.96 Å². The highest BCUT2D eigenvalue weighted by Gasteiger charge is 2.40. The van der Waals surface area contributed by atoms with Crippen LogP contribution >= 0.6 is 11.8 Å². The van der Waals surface area contributed by atoms with E-state index in [4.69, 9.17) is 4.74 Å². The molecule has 2 N–H and O–H groups in total. The number of para-hydroxylation sites is 1. The minimum Gasteiger partial charge on any atom is -0.379 e. The fourth-order valence-electron chi connectivity index (χ4n) is 4.64. The van der Waals surface area contributed by atoms with E-state index in [2.05, 4.69) is 20.5 Å². The fraction of sp³-hybridized carbons (Fsp3) is 0.667. The average molecular weight is 440 g/mol. The number of benzene rings is 1. The van der Waals surface area contributed by atoms with Crippen molar-refractivity contribution in [2.75, 3.05) is 69.4 Å². The molecule has 9 heteroatoms. The predicted octanol–water partition coefficient (Wildman–Crippen LogP) is 1.92. The van der Waals surface area contributed by atoms with Crippen molar-refractivity contribution in [3.8, 4) is 0 Å². The Kier molecular flexibility index (Phi) is 7.00. The number of ether oxygens (including phenoxy) is 1. The molecule has 3 saturated heterocycles. The topological polar surface area (TPSA) is 52.1 Å². The van der Waals surface area contributed by atoms with Gasteiger partial charge in [0.2, 0.25) is 0 Å². The highest BCUT2D eigenvalue weighted by molar-refractivity contribution is 7.99. The molecule has 1 aromatic rings. The lowest BCUT2D eigenvalue weighted by Crippen LogP contribution is -2.60. The van der Waals surface area contributed by atoms with E-state index in [0.29, 0.717) is 13.1 Å². The Morgan fingerprint density at radius 2 is 2.03 bits per heavy atom. The van der Waals surface area contributed by atoms with Crippen molar-refractivity contribution in [1.82, 2.24) is 15.5 Å². The molecule has 3 heterocycles. The monoisotopic (exact) mass is 439 g/mol. The lowest BCUT2D eigenvalue weighted by Gasteiger charge is -2.43. The molecule has 0 bridgehead atoms. The normalized spacial score (nSPS) is 28.2. The number of guanidine groups is 1. The summed E-state index contributed by atoms with van der Waals surface area (Å²) < 4.78 is 33.8. The molecule has 3 fully saturated rings. The number of hydrogen-bond acceptors (Lipinski definition) is 5. The van der Waals surface area contributed by atoms with Gasteiger partial charge in [-0.2, -0.15) is 11.8 Å².